The molecule has 0 saturated carbocycles. The molecule has 4 heteroatoms. The summed E-state index contributed by atoms with van der Waals surface area (Å²) >= 11 is 0. The molecular weight excluding hydrogens is 176 g/mol. The van der Waals surface area contributed by atoms with Crippen LogP contribution in [0.25, 0.3) is 5.69 Å². The zero-order chi connectivity index (χ0) is 9.97. The Balaban J connectivity index is 2.62. The van der Waals surface area contributed by atoms with Crippen molar-refractivity contribution < 1.29 is 0 Å². The minimum absolute atomic E-state index is 0.556. The molecule has 2 rings (SSSR count). The van der Waals surface area contributed by atoms with Gasteiger partial charge in [-0.25, -0.2) is 0 Å². The summed E-state index contributed by atoms with van der Waals surface area (Å²) in [5.74, 6) is 0. The third kappa shape index (κ3) is 1.21. The fourth-order valence-corrected chi connectivity index (χ4v) is 1.30. The van der Waals surface area contributed by atoms with Crippen LogP contribution >= 0.6 is 0 Å². The Morgan fingerprint density at radius 3 is 3.00 bits per heavy atom. The fourth-order valence-electron chi connectivity index (χ4n) is 1.30. The summed E-state index contributed by atoms with van der Waals surface area (Å²) in [6, 6.07) is 7.40. The van der Waals surface area contributed by atoms with Gasteiger partial charge in [-0.15, -0.1) is 0 Å². The van der Waals surface area contributed by atoms with E-state index in [1.54, 1.807) is 41.4 Å². The molecule has 2 N–H and O–H groups in total. The summed E-state index contributed by atoms with van der Waals surface area (Å²) in [6.07, 6.45) is 5.01. The Bertz CT molecular complexity index is 493. The molecule has 0 aliphatic heterocycles. The molecule has 2 aromatic rings. The lowest BCUT2D eigenvalue weighted by atomic mass is 10.3. The van der Waals surface area contributed by atoms with Crippen molar-refractivity contribution in [3.8, 4) is 11.8 Å². The Labute approximate surface area is 81.2 Å². The van der Waals surface area contributed by atoms with E-state index in [2.05, 4.69) is 11.1 Å². The summed E-state index contributed by atoms with van der Waals surface area (Å²) in [4.78, 5) is 3.89. The molecule has 0 aliphatic carbocycles. The van der Waals surface area contributed by atoms with Crippen molar-refractivity contribution >= 4 is 5.69 Å². The van der Waals surface area contributed by atoms with Gasteiger partial charge in [0.2, 0.25) is 0 Å². The van der Waals surface area contributed by atoms with Crippen LogP contribution in [-0.2, 0) is 0 Å². The highest BCUT2D eigenvalue weighted by atomic mass is 15.0. The molecule has 2 heterocycles. The highest BCUT2D eigenvalue weighted by Crippen LogP contribution is 2.17. The average Bonchev–Trinajstić information content (AvgIpc) is 2.66. The van der Waals surface area contributed by atoms with Gasteiger partial charge in [-0.1, -0.05) is 0 Å². The summed E-state index contributed by atoms with van der Waals surface area (Å²) in [5, 5.41) is 8.83. The van der Waals surface area contributed by atoms with Crippen LogP contribution in [-0.4, -0.2) is 9.55 Å². The lowest BCUT2D eigenvalue weighted by molar-refractivity contribution is 1.05. The van der Waals surface area contributed by atoms with Crippen molar-refractivity contribution in [3.63, 3.8) is 0 Å². The minimum Gasteiger partial charge on any atom is -0.396 e. The molecule has 0 bridgehead atoms. The molecule has 0 radical (unpaired) electrons. The number of rotatable bonds is 1. The quantitative estimate of drug-likeness (QED) is 0.726. The second-order valence-corrected chi connectivity index (χ2v) is 2.81. The molecule has 0 amide bonds. The average molecular weight is 184 g/mol. The van der Waals surface area contributed by atoms with E-state index in [0.29, 0.717) is 11.4 Å². The maximum Gasteiger partial charge on any atom is 0.124 e. The largest absolute Gasteiger partial charge is 0.396 e. The maximum atomic E-state index is 8.83. The van der Waals surface area contributed by atoms with E-state index in [1.807, 2.05) is 0 Å². The number of hydrogen-bond acceptors (Lipinski definition) is 3. The predicted octanol–water partition coefficient (Wildman–Crippen LogP) is 1.33. The van der Waals surface area contributed by atoms with Crippen molar-refractivity contribution in [2.75, 3.05) is 5.73 Å². The van der Waals surface area contributed by atoms with Gasteiger partial charge in [0.05, 0.1) is 17.6 Å². The normalized spacial score (nSPS) is 9.64. The van der Waals surface area contributed by atoms with Crippen LogP contribution in [0.2, 0.25) is 0 Å². The second-order valence-electron chi connectivity index (χ2n) is 2.81. The maximum absolute atomic E-state index is 8.83. The Morgan fingerprint density at radius 2 is 2.29 bits per heavy atom. The molecule has 0 aliphatic rings. The van der Waals surface area contributed by atoms with E-state index >= 15 is 0 Å². The second kappa shape index (κ2) is 3.23. The number of aromatic nitrogens is 2. The lowest BCUT2D eigenvalue weighted by Gasteiger charge is -2.06. The highest BCUT2D eigenvalue weighted by Gasteiger charge is 2.04. The number of pyridine rings is 1. The topological polar surface area (TPSA) is 67.6 Å². The summed E-state index contributed by atoms with van der Waals surface area (Å²) in [5.41, 5.74) is 7.64. The summed E-state index contributed by atoms with van der Waals surface area (Å²) < 4.78 is 1.73. The van der Waals surface area contributed by atoms with Crippen molar-refractivity contribution in [3.05, 3.63) is 42.5 Å². The van der Waals surface area contributed by atoms with E-state index in [-0.39, 0.29) is 0 Å². The first-order chi connectivity index (χ1) is 6.83. The standard InChI is InChI=1S/C10H8N4/c11-6-8-2-1-5-14(8)10-3-4-13-7-9(10)12/h1-5,7H,12H2. The SMILES string of the molecule is N#Cc1cccn1-c1ccncc1N. The van der Waals surface area contributed by atoms with Crippen LogP contribution in [0.1, 0.15) is 5.69 Å². The fraction of sp³-hybridized carbons (Fsp3) is 0. The third-order valence-electron chi connectivity index (χ3n) is 1.95. The van der Waals surface area contributed by atoms with Crippen LogP contribution in [0, 0.1) is 11.3 Å². The van der Waals surface area contributed by atoms with Crippen LogP contribution in [0.3, 0.4) is 0 Å². The van der Waals surface area contributed by atoms with E-state index in [9.17, 15) is 0 Å². The lowest BCUT2D eigenvalue weighted by Crippen LogP contribution is -2.00. The minimum atomic E-state index is 0.556. The highest BCUT2D eigenvalue weighted by molar-refractivity contribution is 5.57. The molecule has 0 fully saturated rings. The smallest absolute Gasteiger partial charge is 0.124 e. The molecule has 0 saturated heterocycles. The van der Waals surface area contributed by atoms with Gasteiger partial charge in [-0.2, -0.15) is 5.26 Å². The van der Waals surface area contributed by atoms with Gasteiger partial charge in [0.25, 0.3) is 0 Å². The Kier molecular flexibility index (Phi) is 1.92. The molecule has 0 spiro atoms. The van der Waals surface area contributed by atoms with Crippen molar-refractivity contribution in [1.29, 1.82) is 5.26 Å². The first kappa shape index (κ1) is 8.32. The molecule has 2 aromatic heterocycles. The number of nitrogens with two attached hydrogens (primary N) is 1. The summed E-state index contributed by atoms with van der Waals surface area (Å²) in [6.45, 7) is 0. The molecule has 4 nitrogen and oxygen atoms in total. The predicted molar refractivity (Wildman–Crippen MR) is 52.7 cm³/mol. The molecule has 68 valence electrons. The molecule has 14 heavy (non-hydrogen) atoms. The number of anilines is 1. The number of nitrogen functional groups attached to an aromatic ring is 1. The van der Waals surface area contributed by atoms with Gasteiger partial charge >= 0.3 is 0 Å². The first-order valence-electron chi connectivity index (χ1n) is 4.10. The number of hydrogen-bond donors (Lipinski definition) is 1. The van der Waals surface area contributed by atoms with Crippen LogP contribution < -0.4 is 5.73 Å². The third-order valence-corrected chi connectivity index (χ3v) is 1.95. The van der Waals surface area contributed by atoms with Gasteiger partial charge in [-0.05, 0) is 18.2 Å². The monoisotopic (exact) mass is 184 g/mol. The van der Waals surface area contributed by atoms with Gasteiger partial charge in [0.1, 0.15) is 11.8 Å². The van der Waals surface area contributed by atoms with Crippen LogP contribution in [0.5, 0.6) is 0 Å². The summed E-state index contributed by atoms with van der Waals surface area (Å²) in [7, 11) is 0. The van der Waals surface area contributed by atoms with Crippen molar-refractivity contribution in [1.82, 2.24) is 9.55 Å². The van der Waals surface area contributed by atoms with Crippen molar-refractivity contribution in [2.24, 2.45) is 0 Å². The first-order valence-corrected chi connectivity index (χ1v) is 4.10. The molecule has 0 atom stereocenters. The van der Waals surface area contributed by atoms with E-state index in [1.165, 1.54) is 0 Å². The van der Waals surface area contributed by atoms with Crippen LogP contribution in [0.15, 0.2) is 36.8 Å². The zero-order valence-electron chi connectivity index (χ0n) is 7.38. The molecule has 0 unspecified atom stereocenters. The van der Waals surface area contributed by atoms with Crippen LogP contribution in [0.4, 0.5) is 5.69 Å². The Morgan fingerprint density at radius 1 is 1.43 bits per heavy atom. The Hall–Kier alpha value is -2.28. The van der Waals surface area contributed by atoms with Gasteiger partial charge < -0.3 is 10.3 Å². The zero-order valence-corrected chi connectivity index (χ0v) is 7.38. The van der Waals surface area contributed by atoms with E-state index < -0.39 is 0 Å². The van der Waals surface area contributed by atoms with Crippen molar-refractivity contribution in [2.45, 2.75) is 0 Å². The van der Waals surface area contributed by atoms with Gasteiger partial charge in [0, 0.05) is 12.4 Å². The van der Waals surface area contributed by atoms with Gasteiger partial charge in [-0.3, -0.25) is 4.98 Å². The van der Waals surface area contributed by atoms with E-state index in [0.717, 1.165) is 5.69 Å². The number of nitriles is 1. The molecule has 0 aromatic carbocycles. The molecular formula is C10H8N4. The van der Waals surface area contributed by atoms with E-state index in [4.69, 9.17) is 11.0 Å². The van der Waals surface area contributed by atoms with Gasteiger partial charge in [0.15, 0.2) is 0 Å². The number of nitrogens with zero attached hydrogens (tertiary/aromatic N) is 3.